The number of carboxylic acid groups (broad SMARTS) is 1. The highest BCUT2D eigenvalue weighted by atomic mass is 35.5. The molecule has 0 aliphatic heterocycles. The number of hydrogen-bond donors (Lipinski definition) is 1. The van der Waals surface area contributed by atoms with E-state index in [1.807, 2.05) is 0 Å². The van der Waals surface area contributed by atoms with E-state index in [4.69, 9.17) is 22.0 Å². The summed E-state index contributed by atoms with van der Waals surface area (Å²) in [5.41, 5.74) is -1.84. The minimum Gasteiger partial charge on any atom is -0.476 e. The van der Waals surface area contributed by atoms with Crippen LogP contribution in [-0.2, 0) is 0 Å². The van der Waals surface area contributed by atoms with Crippen LogP contribution in [0.5, 0.6) is 0 Å². The summed E-state index contributed by atoms with van der Waals surface area (Å²) in [6.45, 7) is 0. The molecule has 0 atom stereocenters. The normalized spacial score (nSPS) is 10.1. The molecule has 0 saturated carbocycles. The van der Waals surface area contributed by atoms with Crippen molar-refractivity contribution in [3.05, 3.63) is 28.0 Å². The molecule has 4 nitrogen and oxygen atoms in total. The van der Waals surface area contributed by atoms with E-state index in [2.05, 4.69) is 4.98 Å². The van der Waals surface area contributed by atoms with Crippen molar-refractivity contribution < 1.29 is 18.7 Å². The first-order chi connectivity index (χ1) is 6.99. The van der Waals surface area contributed by atoms with Crippen LogP contribution in [-0.4, -0.2) is 16.1 Å². The minimum absolute atomic E-state index is 0.556. The zero-order chi connectivity index (χ0) is 11.6. The van der Waals surface area contributed by atoms with Gasteiger partial charge in [0.25, 0.3) is 6.43 Å². The van der Waals surface area contributed by atoms with E-state index in [9.17, 15) is 13.6 Å². The second kappa shape index (κ2) is 4.19. The molecule has 78 valence electrons. The maximum Gasteiger partial charge on any atom is 0.356 e. The zero-order valence-corrected chi connectivity index (χ0v) is 7.79. The maximum absolute atomic E-state index is 12.3. The molecule has 0 aliphatic rings. The first-order valence-electron chi connectivity index (χ1n) is 3.59. The molecule has 1 N–H and O–H groups in total. The molecule has 0 spiro atoms. The third kappa shape index (κ3) is 2.02. The Morgan fingerprint density at radius 3 is 2.67 bits per heavy atom. The van der Waals surface area contributed by atoms with E-state index >= 15 is 0 Å². The molecule has 1 aromatic rings. The highest BCUT2D eigenvalue weighted by molar-refractivity contribution is 6.34. The van der Waals surface area contributed by atoms with Gasteiger partial charge in [-0.05, 0) is 0 Å². The number of pyridine rings is 1. The predicted octanol–water partition coefficient (Wildman–Crippen LogP) is 2.24. The van der Waals surface area contributed by atoms with Crippen LogP contribution in [0.2, 0.25) is 5.02 Å². The first kappa shape index (κ1) is 11.3. The molecule has 15 heavy (non-hydrogen) atoms. The molecular formula is C8H3ClF2N2O2. The van der Waals surface area contributed by atoms with Crippen LogP contribution in [0.25, 0.3) is 0 Å². The van der Waals surface area contributed by atoms with E-state index in [-0.39, 0.29) is 0 Å². The van der Waals surface area contributed by atoms with Crippen molar-refractivity contribution in [1.82, 2.24) is 4.98 Å². The summed E-state index contributed by atoms with van der Waals surface area (Å²) in [4.78, 5) is 13.8. The number of carbonyl (C=O) groups is 1. The van der Waals surface area contributed by atoms with Crippen LogP contribution >= 0.6 is 11.6 Å². The average Bonchev–Trinajstić information content (AvgIpc) is 2.16. The molecule has 7 heteroatoms. The number of alkyl halides is 2. The SMILES string of the molecule is N#Cc1c(C(F)F)cnc(C(=O)O)c1Cl. The molecule has 0 aromatic carbocycles. The number of aromatic nitrogens is 1. The lowest BCUT2D eigenvalue weighted by Gasteiger charge is -2.05. The van der Waals surface area contributed by atoms with Gasteiger partial charge in [0.1, 0.15) is 6.07 Å². The minimum atomic E-state index is -2.92. The van der Waals surface area contributed by atoms with Crippen LogP contribution in [0.3, 0.4) is 0 Å². The number of hydrogen-bond acceptors (Lipinski definition) is 3. The molecule has 0 saturated heterocycles. The second-order valence-corrected chi connectivity index (χ2v) is 2.85. The van der Waals surface area contributed by atoms with Crippen molar-refractivity contribution in [2.45, 2.75) is 6.43 Å². The number of rotatable bonds is 2. The number of halogens is 3. The Kier molecular flexibility index (Phi) is 3.17. The lowest BCUT2D eigenvalue weighted by Crippen LogP contribution is -2.05. The Morgan fingerprint density at radius 2 is 2.27 bits per heavy atom. The van der Waals surface area contributed by atoms with Crippen molar-refractivity contribution in [3.63, 3.8) is 0 Å². The molecule has 0 aliphatic carbocycles. The molecule has 1 heterocycles. The first-order valence-corrected chi connectivity index (χ1v) is 3.96. The van der Waals surface area contributed by atoms with Gasteiger partial charge in [-0.3, -0.25) is 0 Å². The van der Waals surface area contributed by atoms with Crippen LogP contribution in [0.15, 0.2) is 6.20 Å². The Labute approximate surface area is 87.7 Å². The largest absolute Gasteiger partial charge is 0.476 e. The Bertz CT molecular complexity index is 457. The van der Waals surface area contributed by atoms with E-state index in [0.29, 0.717) is 6.20 Å². The summed E-state index contributed by atoms with van der Waals surface area (Å²) in [6.07, 6.45) is -2.29. The van der Waals surface area contributed by atoms with Gasteiger partial charge in [0, 0.05) is 6.20 Å². The van der Waals surface area contributed by atoms with E-state index in [0.717, 1.165) is 0 Å². The summed E-state index contributed by atoms with van der Waals surface area (Å²) in [5.74, 6) is -1.47. The third-order valence-corrected chi connectivity index (χ3v) is 1.97. The van der Waals surface area contributed by atoms with Gasteiger partial charge >= 0.3 is 5.97 Å². The van der Waals surface area contributed by atoms with Gasteiger partial charge in [-0.25, -0.2) is 18.6 Å². The zero-order valence-electron chi connectivity index (χ0n) is 7.04. The van der Waals surface area contributed by atoms with Crippen molar-refractivity contribution >= 4 is 17.6 Å². The number of nitrogens with zero attached hydrogens (tertiary/aromatic N) is 2. The van der Waals surface area contributed by atoms with Crippen molar-refractivity contribution in [3.8, 4) is 6.07 Å². The summed E-state index contributed by atoms with van der Waals surface area (Å²) >= 11 is 5.45. The molecule has 0 unspecified atom stereocenters. The fourth-order valence-electron chi connectivity index (χ4n) is 0.929. The highest BCUT2D eigenvalue weighted by Crippen LogP contribution is 2.28. The highest BCUT2D eigenvalue weighted by Gasteiger charge is 2.22. The molecule has 0 amide bonds. The third-order valence-electron chi connectivity index (χ3n) is 1.60. The quantitative estimate of drug-likeness (QED) is 0.849. The van der Waals surface area contributed by atoms with Crippen LogP contribution in [0.4, 0.5) is 8.78 Å². The van der Waals surface area contributed by atoms with Gasteiger partial charge < -0.3 is 5.11 Å². The molecule has 0 bridgehead atoms. The standard InChI is InChI=1S/C8H3ClF2N2O2/c9-5-3(1-12)4(7(10)11)2-13-6(5)8(14)15/h2,7H,(H,14,15). The Morgan fingerprint density at radius 1 is 1.67 bits per heavy atom. The lowest BCUT2D eigenvalue weighted by molar-refractivity contribution is 0.0690. The summed E-state index contributed by atoms with van der Waals surface area (Å²) in [7, 11) is 0. The van der Waals surface area contributed by atoms with Crippen LogP contribution in [0, 0.1) is 11.3 Å². The monoisotopic (exact) mass is 232 g/mol. The fourth-order valence-corrected chi connectivity index (χ4v) is 1.21. The Balaban J connectivity index is 3.48. The maximum atomic E-state index is 12.3. The van der Waals surface area contributed by atoms with Gasteiger partial charge in [0.15, 0.2) is 5.69 Å². The van der Waals surface area contributed by atoms with E-state index in [1.54, 1.807) is 0 Å². The molecule has 1 aromatic heterocycles. The number of nitriles is 1. The summed E-state index contributed by atoms with van der Waals surface area (Å²) < 4.78 is 24.7. The second-order valence-electron chi connectivity index (χ2n) is 2.47. The van der Waals surface area contributed by atoms with Gasteiger partial charge in [-0.15, -0.1) is 0 Å². The lowest BCUT2D eigenvalue weighted by atomic mass is 10.1. The van der Waals surface area contributed by atoms with Crippen molar-refractivity contribution in [2.75, 3.05) is 0 Å². The van der Waals surface area contributed by atoms with Crippen molar-refractivity contribution in [2.24, 2.45) is 0 Å². The van der Waals surface area contributed by atoms with Crippen LogP contribution < -0.4 is 0 Å². The molecule has 0 radical (unpaired) electrons. The number of aromatic carboxylic acids is 1. The number of carboxylic acids is 1. The smallest absolute Gasteiger partial charge is 0.356 e. The molecule has 1 rings (SSSR count). The van der Waals surface area contributed by atoms with Gasteiger partial charge in [-0.1, -0.05) is 11.6 Å². The van der Waals surface area contributed by atoms with Gasteiger partial charge in [0.2, 0.25) is 0 Å². The fraction of sp³-hybridized carbons (Fsp3) is 0.125. The summed E-state index contributed by atoms with van der Waals surface area (Å²) in [5, 5.41) is 16.6. The Hall–Kier alpha value is -1.74. The predicted molar refractivity (Wildman–Crippen MR) is 45.9 cm³/mol. The topological polar surface area (TPSA) is 74.0 Å². The average molecular weight is 233 g/mol. The van der Waals surface area contributed by atoms with E-state index in [1.165, 1.54) is 6.07 Å². The van der Waals surface area contributed by atoms with Gasteiger partial charge in [0.05, 0.1) is 16.1 Å². The molecular weight excluding hydrogens is 230 g/mol. The van der Waals surface area contributed by atoms with Crippen molar-refractivity contribution in [1.29, 1.82) is 5.26 Å². The van der Waals surface area contributed by atoms with Gasteiger partial charge in [-0.2, -0.15) is 5.26 Å². The summed E-state index contributed by atoms with van der Waals surface area (Å²) in [6, 6.07) is 1.43. The van der Waals surface area contributed by atoms with Crippen LogP contribution in [0.1, 0.15) is 28.0 Å². The molecule has 0 fully saturated rings. The van der Waals surface area contributed by atoms with E-state index < -0.39 is 34.2 Å².